The zero-order valence-corrected chi connectivity index (χ0v) is 11.6. The fourth-order valence-electron chi connectivity index (χ4n) is 2.94. The largest absolute Gasteiger partial charge is 0.459 e. The molecular formula is C16H19NO3. The SMILES string of the molecule is CN(Cc1cc2ccccc2o1)C(=O)C1CCCC1O. The number of benzene rings is 1. The van der Waals surface area contributed by atoms with Crippen molar-refractivity contribution in [3.8, 4) is 0 Å². The van der Waals surface area contributed by atoms with E-state index >= 15 is 0 Å². The highest BCUT2D eigenvalue weighted by Gasteiger charge is 2.33. The number of aliphatic hydroxyl groups is 1. The van der Waals surface area contributed by atoms with Crippen molar-refractivity contribution in [1.29, 1.82) is 0 Å². The molecule has 1 fully saturated rings. The Morgan fingerprint density at radius 1 is 1.40 bits per heavy atom. The van der Waals surface area contributed by atoms with Gasteiger partial charge in [0, 0.05) is 12.4 Å². The molecule has 2 aromatic rings. The summed E-state index contributed by atoms with van der Waals surface area (Å²) in [6.45, 7) is 0.441. The van der Waals surface area contributed by atoms with Gasteiger partial charge in [-0.2, -0.15) is 0 Å². The average molecular weight is 273 g/mol. The highest BCUT2D eigenvalue weighted by Crippen LogP contribution is 2.28. The molecule has 0 radical (unpaired) electrons. The lowest BCUT2D eigenvalue weighted by Gasteiger charge is -2.21. The number of hydrogen-bond donors (Lipinski definition) is 1. The van der Waals surface area contributed by atoms with E-state index in [4.69, 9.17) is 4.42 Å². The first-order chi connectivity index (χ1) is 9.65. The van der Waals surface area contributed by atoms with Crippen molar-refractivity contribution in [2.24, 2.45) is 5.92 Å². The van der Waals surface area contributed by atoms with Crippen LogP contribution in [0.3, 0.4) is 0 Å². The van der Waals surface area contributed by atoms with Crippen LogP contribution in [-0.2, 0) is 11.3 Å². The number of nitrogens with zero attached hydrogens (tertiary/aromatic N) is 1. The Kier molecular flexibility index (Phi) is 3.49. The predicted molar refractivity (Wildman–Crippen MR) is 76.0 cm³/mol. The number of hydrogen-bond acceptors (Lipinski definition) is 3. The van der Waals surface area contributed by atoms with Gasteiger partial charge in [0.25, 0.3) is 0 Å². The molecular weight excluding hydrogens is 254 g/mol. The molecule has 1 saturated carbocycles. The molecule has 0 aliphatic heterocycles. The summed E-state index contributed by atoms with van der Waals surface area (Å²) in [7, 11) is 1.76. The van der Waals surface area contributed by atoms with Crippen molar-refractivity contribution in [2.45, 2.75) is 31.9 Å². The van der Waals surface area contributed by atoms with E-state index in [2.05, 4.69) is 0 Å². The number of aliphatic hydroxyl groups excluding tert-OH is 1. The van der Waals surface area contributed by atoms with Gasteiger partial charge in [0.05, 0.1) is 18.6 Å². The molecule has 3 rings (SSSR count). The molecule has 1 N–H and O–H groups in total. The number of para-hydroxylation sites is 1. The van der Waals surface area contributed by atoms with E-state index in [1.54, 1.807) is 11.9 Å². The van der Waals surface area contributed by atoms with Gasteiger partial charge in [0.15, 0.2) is 0 Å². The van der Waals surface area contributed by atoms with Gasteiger partial charge in [0.2, 0.25) is 5.91 Å². The fourth-order valence-corrected chi connectivity index (χ4v) is 2.94. The Labute approximate surface area is 118 Å². The molecule has 0 spiro atoms. The molecule has 1 aliphatic carbocycles. The van der Waals surface area contributed by atoms with Crippen LogP contribution in [0.5, 0.6) is 0 Å². The van der Waals surface area contributed by atoms with Crippen molar-refractivity contribution >= 4 is 16.9 Å². The van der Waals surface area contributed by atoms with Crippen LogP contribution < -0.4 is 0 Å². The lowest BCUT2D eigenvalue weighted by molar-refractivity contribution is -0.137. The number of fused-ring (bicyclic) bond motifs is 1. The number of carbonyl (C=O) groups excluding carboxylic acids is 1. The molecule has 1 aromatic heterocycles. The summed E-state index contributed by atoms with van der Waals surface area (Å²) in [5.41, 5.74) is 0.837. The first-order valence-electron chi connectivity index (χ1n) is 7.05. The van der Waals surface area contributed by atoms with Gasteiger partial charge in [0.1, 0.15) is 11.3 Å². The van der Waals surface area contributed by atoms with Crippen molar-refractivity contribution in [1.82, 2.24) is 4.90 Å². The maximum atomic E-state index is 12.3. The van der Waals surface area contributed by atoms with Crippen molar-refractivity contribution < 1.29 is 14.3 Å². The molecule has 0 saturated heterocycles. The van der Waals surface area contributed by atoms with E-state index in [-0.39, 0.29) is 11.8 Å². The predicted octanol–water partition coefficient (Wildman–Crippen LogP) is 2.55. The van der Waals surface area contributed by atoms with Crippen LogP contribution in [0.2, 0.25) is 0 Å². The molecule has 4 heteroatoms. The average Bonchev–Trinajstić information content (AvgIpc) is 3.03. The maximum Gasteiger partial charge on any atom is 0.228 e. The molecule has 1 heterocycles. The molecule has 0 bridgehead atoms. The second-order valence-corrected chi connectivity index (χ2v) is 5.55. The zero-order valence-electron chi connectivity index (χ0n) is 11.6. The molecule has 20 heavy (non-hydrogen) atoms. The standard InChI is InChI=1S/C16H19NO3/c1-17(16(19)13-6-4-7-14(13)18)10-12-9-11-5-2-3-8-15(11)20-12/h2-3,5,8-9,13-14,18H,4,6-7,10H2,1H3. The van der Waals surface area contributed by atoms with Gasteiger partial charge in [-0.1, -0.05) is 18.2 Å². The summed E-state index contributed by atoms with van der Waals surface area (Å²) in [6.07, 6.45) is 1.95. The molecule has 106 valence electrons. The summed E-state index contributed by atoms with van der Waals surface area (Å²) in [4.78, 5) is 13.9. The second kappa shape index (κ2) is 5.29. The van der Waals surface area contributed by atoms with Gasteiger partial charge < -0.3 is 14.4 Å². The van der Waals surface area contributed by atoms with Crippen LogP contribution in [-0.4, -0.2) is 29.1 Å². The maximum absolute atomic E-state index is 12.3. The van der Waals surface area contributed by atoms with Gasteiger partial charge in [-0.25, -0.2) is 0 Å². The third-order valence-corrected chi connectivity index (χ3v) is 4.04. The van der Waals surface area contributed by atoms with Gasteiger partial charge in [-0.05, 0) is 31.4 Å². The van der Waals surface area contributed by atoms with E-state index in [1.165, 1.54) is 0 Å². The Morgan fingerprint density at radius 3 is 2.90 bits per heavy atom. The van der Waals surface area contributed by atoms with E-state index in [9.17, 15) is 9.90 Å². The van der Waals surface area contributed by atoms with Crippen molar-refractivity contribution in [2.75, 3.05) is 7.05 Å². The highest BCUT2D eigenvalue weighted by atomic mass is 16.3. The Balaban J connectivity index is 1.71. The van der Waals surface area contributed by atoms with E-state index in [0.717, 1.165) is 36.0 Å². The molecule has 2 atom stereocenters. The number of furan rings is 1. The van der Waals surface area contributed by atoms with Gasteiger partial charge >= 0.3 is 0 Å². The number of carbonyl (C=O) groups is 1. The minimum Gasteiger partial charge on any atom is -0.459 e. The highest BCUT2D eigenvalue weighted by molar-refractivity contribution is 5.80. The smallest absolute Gasteiger partial charge is 0.228 e. The van der Waals surface area contributed by atoms with E-state index in [0.29, 0.717) is 6.54 Å². The van der Waals surface area contributed by atoms with Crippen molar-refractivity contribution in [3.63, 3.8) is 0 Å². The first-order valence-corrected chi connectivity index (χ1v) is 7.05. The topological polar surface area (TPSA) is 53.7 Å². The zero-order chi connectivity index (χ0) is 14.1. The Morgan fingerprint density at radius 2 is 2.20 bits per heavy atom. The first kappa shape index (κ1) is 13.2. The molecule has 1 aliphatic rings. The quantitative estimate of drug-likeness (QED) is 0.935. The Hall–Kier alpha value is -1.81. The van der Waals surface area contributed by atoms with Crippen molar-refractivity contribution in [3.05, 3.63) is 36.1 Å². The summed E-state index contributed by atoms with van der Waals surface area (Å²) < 4.78 is 5.72. The minimum absolute atomic E-state index is 0.00968. The van der Waals surface area contributed by atoms with Crippen LogP contribution in [0.1, 0.15) is 25.0 Å². The third kappa shape index (κ3) is 2.43. The summed E-state index contributed by atoms with van der Waals surface area (Å²) in [6, 6.07) is 9.77. The van der Waals surface area contributed by atoms with Crippen LogP contribution in [0.15, 0.2) is 34.7 Å². The summed E-state index contributed by atoms with van der Waals surface area (Å²) in [5.74, 6) is 0.536. The number of rotatable bonds is 3. The summed E-state index contributed by atoms with van der Waals surface area (Å²) >= 11 is 0. The molecule has 4 nitrogen and oxygen atoms in total. The normalized spacial score (nSPS) is 22.3. The molecule has 1 amide bonds. The van der Waals surface area contributed by atoms with E-state index in [1.807, 2.05) is 30.3 Å². The van der Waals surface area contributed by atoms with Gasteiger partial charge in [-0.15, -0.1) is 0 Å². The monoisotopic (exact) mass is 273 g/mol. The fraction of sp³-hybridized carbons (Fsp3) is 0.438. The van der Waals surface area contributed by atoms with E-state index < -0.39 is 6.10 Å². The Bertz CT molecular complexity index is 586. The van der Waals surface area contributed by atoms with Crippen LogP contribution in [0.4, 0.5) is 0 Å². The lowest BCUT2D eigenvalue weighted by atomic mass is 10.0. The molecule has 1 aromatic carbocycles. The lowest BCUT2D eigenvalue weighted by Crippen LogP contribution is -2.35. The minimum atomic E-state index is -0.486. The summed E-state index contributed by atoms with van der Waals surface area (Å²) in [5, 5.41) is 10.9. The number of amides is 1. The van der Waals surface area contributed by atoms with Crippen LogP contribution >= 0.6 is 0 Å². The third-order valence-electron chi connectivity index (χ3n) is 4.04. The van der Waals surface area contributed by atoms with Gasteiger partial charge in [-0.3, -0.25) is 4.79 Å². The van der Waals surface area contributed by atoms with Crippen LogP contribution in [0, 0.1) is 5.92 Å². The van der Waals surface area contributed by atoms with Crippen LogP contribution in [0.25, 0.3) is 11.0 Å². The molecule has 2 unspecified atom stereocenters. The second-order valence-electron chi connectivity index (χ2n) is 5.55.